The highest BCUT2D eigenvalue weighted by Crippen LogP contribution is 2.20. The predicted molar refractivity (Wildman–Crippen MR) is 62.8 cm³/mol. The van der Waals surface area contributed by atoms with Crippen molar-refractivity contribution in [2.24, 2.45) is 5.41 Å². The summed E-state index contributed by atoms with van der Waals surface area (Å²) in [5, 5.41) is 3.45. The van der Waals surface area contributed by atoms with Gasteiger partial charge in [-0.2, -0.15) is 0 Å². The van der Waals surface area contributed by atoms with Crippen LogP contribution in [0.25, 0.3) is 0 Å². The second-order valence-corrected chi connectivity index (χ2v) is 5.00. The molecule has 0 unspecified atom stereocenters. The third kappa shape index (κ3) is 4.20. The van der Waals surface area contributed by atoms with Crippen LogP contribution in [0.5, 0.6) is 0 Å². The van der Waals surface area contributed by atoms with Crippen molar-refractivity contribution in [3.8, 4) is 0 Å². The summed E-state index contributed by atoms with van der Waals surface area (Å²) in [6.07, 6.45) is 2.11. The van der Waals surface area contributed by atoms with Gasteiger partial charge in [0.25, 0.3) is 0 Å². The molecule has 1 N–H and O–H groups in total. The molecular weight excluding hydrogens is 190 g/mol. The molecule has 0 spiro atoms. The second-order valence-electron chi connectivity index (χ2n) is 5.00. The van der Waals surface area contributed by atoms with Crippen LogP contribution in [-0.4, -0.2) is 25.2 Å². The number of methoxy groups -OCH3 is 1. The van der Waals surface area contributed by atoms with Crippen LogP contribution in [0.2, 0.25) is 0 Å². The minimum absolute atomic E-state index is 0.116. The molecule has 90 valence electrons. The topological polar surface area (TPSA) is 38.3 Å². The molecule has 0 aliphatic carbocycles. The lowest BCUT2D eigenvalue weighted by atomic mass is 9.89. The Kier molecular flexibility index (Phi) is 5.29. The molecule has 0 aliphatic heterocycles. The molecule has 0 aliphatic rings. The van der Waals surface area contributed by atoms with Gasteiger partial charge in [-0.1, -0.05) is 13.8 Å². The van der Waals surface area contributed by atoms with Crippen LogP contribution in [-0.2, 0) is 9.53 Å². The Labute approximate surface area is 93.6 Å². The molecule has 0 atom stereocenters. The minimum atomic E-state index is -0.458. The number of hydrogen-bond acceptors (Lipinski definition) is 3. The number of carbonyl (C=O) groups excluding carboxylic acids is 1. The van der Waals surface area contributed by atoms with Crippen molar-refractivity contribution < 1.29 is 9.53 Å². The third-order valence-electron chi connectivity index (χ3n) is 3.26. The van der Waals surface area contributed by atoms with Gasteiger partial charge in [0.2, 0.25) is 0 Å². The standard InChI is InChI=1S/C12H25NO2/c1-7-12(5,8-2)13-9-11(3,4)10(14)15-6/h13H,7-9H2,1-6H3. The third-order valence-corrected chi connectivity index (χ3v) is 3.26. The van der Waals surface area contributed by atoms with Gasteiger partial charge in [0.15, 0.2) is 0 Å². The van der Waals surface area contributed by atoms with Gasteiger partial charge < -0.3 is 10.1 Å². The van der Waals surface area contributed by atoms with Crippen molar-refractivity contribution >= 4 is 5.97 Å². The highest BCUT2D eigenvalue weighted by molar-refractivity contribution is 5.76. The number of hydrogen-bond donors (Lipinski definition) is 1. The number of esters is 1. The van der Waals surface area contributed by atoms with Crippen molar-refractivity contribution in [1.29, 1.82) is 0 Å². The Hall–Kier alpha value is -0.570. The Morgan fingerprint density at radius 1 is 1.20 bits per heavy atom. The fourth-order valence-electron chi connectivity index (χ4n) is 1.28. The first-order valence-corrected chi connectivity index (χ1v) is 5.64. The molecule has 0 heterocycles. The van der Waals surface area contributed by atoms with Crippen molar-refractivity contribution in [3.63, 3.8) is 0 Å². The summed E-state index contributed by atoms with van der Waals surface area (Å²) in [7, 11) is 1.43. The van der Waals surface area contributed by atoms with Crippen LogP contribution in [0.1, 0.15) is 47.5 Å². The zero-order valence-corrected chi connectivity index (χ0v) is 10.9. The van der Waals surface area contributed by atoms with Gasteiger partial charge in [0.05, 0.1) is 12.5 Å². The molecular formula is C12H25NO2. The first-order chi connectivity index (χ1) is 6.81. The van der Waals surface area contributed by atoms with Gasteiger partial charge in [-0.3, -0.25) is 4.79 Å². The molecule has 0 aromatic rings. The van der Waals surface area contributed by atoms with E-state index in [0.717, 1.165) is 12.8 Å². The number of nitrogens with one attached hydrogen (secondary N) is 1. The van der Waals surface area contributed by atoms with Crippen LogP contribution in [0.15, 0.2) is 0 Å². The lowest BCUT2D eigenvalue weighted by Crippen LogP contribution is -2.48. The summed E-state index contributed by atoms with van der Waals surface area (Å²) in [6, 6.07) is 0. The summed E-state index contributed by atoms with van der Waals surface area (Å²) in [5.41, 5.74) is -0.342. The average molecular weight is 215 g/mol. The van der Waals surface area contributed by atoms with Crippen LogP contribution in [0.3, 0.4) is 0 Å². The van der Waals surface area contributed by atoms with E-state index in [-0.39, 0.29) is 11.5 Å². The SMILES string of the molecule is CCC(C)(CC)NCC(C)(C)C(=O)OC. The maximum Gasteiger partial charge on any atom is 0.312 e. The Balaban J connectivity index is 4.30. The van der Waals surface area contributed by atoms with Gasteiger partial charge in [-0.15, -0.1) is 0 Å². The van der Waals surface area contributed by atoms with Gasteiger partial charge in [0.1, 0.15) is 0 Å². The summed E-state index contributed by atoms with van der Waals surface area (Å²) >= 11 is 0. The Morgan fingerprint density at radius 3 is 2.00 bits per heavy atom. The van der Waals surface area contributed by atoms with E-state index in [1.807, 2.05) is 13.8 Å². The van der Waals surface area contributed by atoms with Gasteiger partial charge >= 0.3 is 5.97 Å². The highest BCUT2D eigenvalue weighted by Gasteiger charge is 2.31. The summed E-state index contributed by atoms with van der Waals surface area (Å²) in [6.45, 7) is 10.9. The molecule has 0 rings (SSSR count). The van der Waals surface area contributed by atoms with E-state index < -0.39 is 5.41 Å². The molecule has 3 heteroatoms. The van der Waals surface area contributed by atoms with Crippen LogP contribution in [0.4, 0.5) is 0 Å². The molecule has 15 heavy (non-hydrogen) atoms. The summed E-state index contributed by atoms with van der Waals surface area (Å²) < 4.78 is 4.77. The maximum absolute atomic E-state index is 11.5. The van der Waals surface area contributed by atoms with Gasteiger partial charge in [0, 0.05) is 12.1 Å². The molecule has 0 aromatic heterocycles. The van der Waals surface area contributed by atoms with Gasteiger partial charge in [-0.25, -0.2) is 0 Å². The molecule has 0 radical (unpaired) electrons. The van der Waals surface area contributed by atoms with E-state index in [9.17, 15) is 4.79 Å². The normalized spacial score (nSPS) is 12.7. The summed E-state index contributed by atoms with van der Waals surface area (Å²) in [4.78, 5) is 11.5. The fourth-order valence-corrected chi connectivity index (χ4v) is 1.28. The van der Waals surface area contributed by atoms with Crippen molar-refractivity contribution in [2.75, 3.05) is 13.7 Å². The number of carbonyl (C=O) groups is 1. The number of rotatable bonds is 6. The first kappa shape index (κ1) is 14.4. The van der Waals surface area contributed by atoms with E-state index in [1.165, 1.54) is 7.11 Å². The van der Waals surface area contributed by atoms with E-state index >= 15 is 0 Å². The largest absolute Gasteiger partial charge is 0.469 e. The van der Waals surface area contributed by atoms with Crippen LogP contribution >= 0.6 is 0 Å². The first-order valence-electron chi connectivity index (χ1n) is 5.64. The van der Waals surface area contributed by atoms with Crippen LogP contribution < -0.4 is 5.32 Å². The lowest BCUT2D eigenvalue weighted by Gasteiger charge is -2.32. The Bertz CT molecular complexity index is 208. The molecule has 0 saturated carbocycles. The van der Waals surface area contributed by atoms with E-state index in [2.05, 4.69) is 26.1 Å². The molecule has 0 saturated heterocycles. The zero-order valence-electron chi connectivity index (χ0n) is 10.9. The molecule has 3 nitrogen and oxygen atoms in total. The number of ether oxygens (including phenoxy) is 1. The second kappa shape index (κ2) is 5.50. The molecule has 0 bridgehead atoms. The smallest absolute Gasteiger partial charge is 0.312 e. The van der Waals surface area contributed by atoms with Crippen molar-refractivity contribution in [1.82, 2.24) is 5.32 Å². The molecule has 0 aromatic carbocycles. The summed E-state index contributed by atoms with van der Waals surface area (Å²) in [5.74, 6) is -0.162. The minimum Gasteiger partial charge on any atom is -0.469 e. The van der Waals surface area contributed by atoms with E-state index in [1.54, 1.807) is 0 Å². The fraction of sp³-hybridized carbons (Fsp3) is 0.917. The monoisotopic (exact) mass is 215 g/mol. The van der Waals surface area contributed by atoms with E-state index in [0.29, 0.717) is 6.54 Å². The maximum atomic E-state index is 11.5. The van der Waals surface area contributed by atoms with E-state index in [4.69, 9.17) is 4.74 Å². The quantitative estimate of drug-likeness (QED) is 0.691. The highest BCUT2D eigenvalue weighted by atomic mass is 16.5. The van der Waals surface area contributed by atoms with Crippen LogP contribution in [0, 0.1) is 5.41 Å². The van der Waals surface area contributed by atoms with Crippen molar-refractivity contribution in [2.45, 2.75) is 53.0 Å². The molecule has 0 amide bonds. The average Bonchev–Trinajstić information content (AvgIpc) is 2.24. The van der Waals surface area contributed by atoms with Gasteiger partial charge in [-0.05, 0) is 33.6 Å². The zero-order chi connectivity index (χ0) is 12.1. The van der Waals surface area contributed by atoms with Crippen molar-refractivity contribution in [3.05, 3.63) is 0 Å². The predicted octanol–water partition coefficient (Wildman–Crippen LogP) is 2.35. The molecule has 0 fully saturated rings. The lowest BCUT2D eigenvalue weighted by molar-refractivity contribution is -0.150. The Morgan fingerprint density at radius 2 is 1.67 bits per heavy atom.